The molecule has 0 unspecified atom stereocenters. The fraction of sp³-hybridized carbons (Fsp3) is 0.333. The lowest BCUT2D eigenvalue weighted by atomic mass is 9.53. The SMILES string of the molecule is O=S(=O)(NC12CC3CC(CC(C3)C1)C2)c1cc(Nc2nc(-c3ccccc3)nc3ccccc23)ccc1Cl. The lowest BCUT2D eigenvalue weighted by molar-refractivity contribution is -0.00810. The molecule has 0 amide bonds. The second kappa shape index (κ2) is 9.04. The van der Waals surface area contributed by atoms with Gasteiger partial charge in [-0.25, -0.2) is 23.1 Å². The molecule has 4 bridgehead atoms. The number of rotatable bonds is 6. The average molecular weight is 545 g/mol. The van der Waals surface area contributed by atoms with Gasteiger partial charge in [-0.15, -0.1) is 0 Å². The highest BCUT2D eigenvalue weighted by molar-refractivity contribution is 7.89. The molecule has 38 heavy (non-hydrogen) atoms. The minimum atomic E-state index is -3.82. The minimum Gasteiger partial charge on any atom is -0.340 e. The number of hydrogen-bond donors (Lipinski definition) is 2. The van der Waals surface area contributed by atoms with Crippen LogP contribution in [0.15, 0.2) is 77.7 Å². The predicted octanol–water partition coefficient (Wildman–Crippen LogP) is 6.94. The first-order chi connectivity index (χ1) is 18.4. The van der Waals surface area contributed by atoms with Crippen LogP contribution in [0.25, 0.3) is 22.3 Å². The first-order valence-corrected chi connectivity index (χ1v) is 15.1. The zero-order valence-corrected chi connectivity index (χ0v) is 22.5. The van der Waals surface area contributed by atoms with E-state index in [1.54, 1.807) is 18.2 Å². The highest BCUT2D eigenvalue weighted by Gasteiger charge is 2.52. The van der Waals surface area contributed by atoms with Gasteiger partial charge in [0.25, 0.3) is 0 Å². The smallest absolute Gasteiger partial charge is 0.242 e. The third-order valence-electron chi connectivity index (χ3n) is 8.51. The predicted molar refractivity (Wildman–Crippen MR) is 151 cm³/mol. The number of sulfonamides is 1. The van der Waals surface area contributed by atoms with Crippen LogP contribution in [-0.4, -0.2) is 23.9 Å². The molecule has 8 rings (SSSR count). The molecule has 194 valence electrons. The first-order valence-electron chi connectivity index (χ1n) is 13.3. The number of para-hydroxylation sites is 1. The van der Waals surface area contributed by atoms with E-state index in [0.717, 1.165) is 35.7 Å². The molecule has 4 aliphatic rings. The van der Waals surface area contributed by atoms with Crippen molar-refractivity contribution in [1.29, 1.82) is 0 Å². The molecule has 1 heterocycles. The minimum absolute atomic E-state index is 0.0987. The lowest BCUT2D eigenvalue weighted by Crippen LogP contribution is -2.59. The van der Waals surface area contributed by atoms with E-state index in [4.69, 9.17) is 21.6 Å². The van der Waals surface area contributed by atoms with Crippen molar-refractivity contribution in [2.24, 2.45) is 17.8 Å². The van der Waals surface area contributed by atoms with Gasteiger partial charge in [-0.3, -0.25) is 0 Å². The number of halogens is 1. The van der Waals surface area contributed by atoms with Crippen LogP contribution in [0, 0.1) is 17.8 Å². The van der Waals surface area contributed by atoms with Crippen molar-refractivity contribution < 1.29 is 8.42 Å². The van der Waals surface area contributed by atoms with E-state index in [0.29, 0.717) is 35.1 Å². The third-order valence-corrected chi connectivity index (χ3v) is 10.6. The number of nitrogens with one attached hydrogen (secondary N) is 2. The molecule has 1 aromatic heterocycles. The van der Waals surface area contributed by atoms with Gasteiger partial charge in [-0.2, -0.15) is 0 Å². The normalized spacial score (nSPS) is 26.1. The maximum Gasteiger partial charge on any atom is 0.242 e. The van der Waals surface area contributed by atoms with Crippen LogP contribution in [0.2, 0.25) is 5.02 Å². The van der Waals surface area contributed by atoms with E-state index in [9.17, 15) is 8.42 Å². The third kappa shape index (κ3) is 4.36. The number of aromatic nitrogens is 2. The summed E-state index contributed by atoms with van der Waals surface area (Å²) < 4.78 is 30.6. The largest absolute Gasteiger partial charge is 0.340 e. The highest BCUT2D eigenvalue weighted by Crippen LogP contribution is 2.56. The van der Waals surface area contributed by atoms with E-state index in [1.165, 1.54) is 19.3 Å². The Balaban J connectivity index is 1.23. The molecule has 0 spiro atoms. The van der Waals surface area contributed by atoms with Gasteiger partial charge < -0.3 is 5.32 Å². The van der Waals surface area contributed by atoms with Crippen molar-refractivity contribution in [1.82, 2.24) is 14.7 Å². The maximum absolute atomic E-state index is 13.7. The van der Waals surface area contributed by atoms with Crippen LogP contribution >= 0.6 is 11.6 Å². The zero-order valence-electron chi connectivity index (χ0n) is 20.9. The number of benzene rings is 3. The molecule has 0 aliphatic heterocycles. The van der Waals surface area contributed by atoms with Crippen molar-refractivity contribution in [3.05, 3.63) is 77.8 Å². The van der Waals surface area contributed by atoms with Crippen LogP contribution < -0.4 is 10.0 Å². The van der Waals surface area contributed by atoms with Crippen LogP contribution in [0.4, 0.5) is 11.5 Å². The van der Waals surface area contributed by atoms with Crippen LogP contribution in [-0.2, 0) is 10.0 Å². The molecule has 0 saturated heterocycles. The standard InChI is InChI=1S/C30H29ClN4O2S/c31-25-11-10-23(15-27(25)38(36,37)35-30-16-19-12-20(17-30)14-21(13-19)18-30)32-29-24-8-4-5-9-26(24)33-28(34-29)22-6-2-1-3-7-22/h1-11,15,19-21,35H,12-14,16-18H2,(H,32,33,34). The zero-order chi connectivity index (χ0) is 25.9. The van der Waals surface area contributed by atoms with Gasteiger partial charge in [0, 0.05) is 22.2 Å². The Morgan fingerprint density at radius 3 is 2.18 bits per heavy atom. The quantitative estimate of drug-likeness (QED) is 0.274. The number of nitrogens with zero attached hydrogens (tertiary/aromatic N) is 2. The van der Waals surface area contributed by atoms with Crippen molar-refractivity contribution in [3.8, 4) is 11.4 Å². The molecule has 4 fully saturated rings. The summed E-state index contributed by atoms with van der Waals surface area (Å²) in [4.78, 5) is 9.65. The van der Waals surface area contributed by atoms with Gasteiger partial charge in [0.15, 0.2) is 5.82 Å². The Morgan fingerprint density at radius 2 is 1.47 bits per heavy atom. The van der Waals surface area contributed by atoms with E-state index in [2.05, 4.69) is 10.0 Å². The van der Waals surface area contributed by atoms with E-state index in [1.807, 2.05) is 54.6 Å². The fourth-order valence-corrected chi connectivity index (χ4v) is 9.35. The summed E-state index contributed by atoms with van der Waals surface area (Å²) in [5, 5.41) is 4.41. The summed E-state index contributed by atoms with van der Waals surface area (Å²) in [5.41, 5.74) is 1.96. The molecule has 2 N–H and O–H groups in total. The molecular formula is C30H29ClN4O2S. The Hall–Kier alpha value is -3.00. The summed E-state index contributed by atoms with van der Waals surface area (Å²) in [6, 6.07) is 22.6. The van der Waals surface area contributed by atoms with E-state index in [-0.39, 0.29) is 15.5 Å². The van der Waals surface area contributed by atoms with Crippen molar-refractivity contribution in [2.75, 3.05) is 5.32 Å². The summed E-state index contributed by atoms with van der Waals surface area (Å²) in [6.45, 7) is 0. The van der Waals surface area contributed by atoms with Gasteiger partial charge in [0.2, 0.25) is 10.0 Å². The fourth-order valence-electron chi connectivity index (χ4n) is 7.39. The molecule has 4 aliphatic carbocycles. The molecule has 3 aromatic carbocycles. The second-order valence-corrected chi connectivity index (χ2v) is 13.4. The molecule has 4 saturated carbocycles. The highest BCUT2D eigenvalue weighted by atomic mass is 35.5. The molecule has 8 heteroatoms. The van der Waals surface area contributed by atoms with Crippen LogP contribution in [0.3, 0.4) is 0 Å². The van der Waals surface area contributed by atoms with Crippen LogP contribution in [0.5, 0.6) is 0 Å². The maximum atomic E-state index is 13.7. The molecule has 0 atom stereocenters. The molecule has 6 nitrogen and oxygen atoms in total. The second-order valence-electron chi connectivity index (χ2n) is 11.4. The van der Waals surface area contributed by atoms with Gasteiger partial charge >= 0.3 is 0 Å². The Bertz CT molecular complexity index is 1610. The summed E-state index contributed by atoms with van der Waals surface area (Å²) >= 11 is 6.50. The van der Waals surface area contributed by atoms with Gasteiger partial charge in [-0.05, 0) is 86.6 Å². The first kappa shape index (κ1) is 24.1. The molecule has 0 radical (unpaired) electrons. The summed E-state index contributed by atoms with van der Waals surface area (Å²) in [6.07, 6.45) is 6.55. The van der Waals surface area contributed by atoms with Crippen molar-refractivity contribution in [3.63, 3.8) is 0 Å². The van der Waals surface area contributed by atoms with E-state index >= 15 is 0 Å². The molecular weight excluding hydrogens is 516 g/mol. The Labute approximate surface area is 227 Å². The van der Waals surface area contributed by atoms with Crippen molar-refractivity contribution in [2.45, 2.75) is 49.0 Å². The number of anilines is 2. The Kier molecular flexibility index (Phi) is 5.73. The van der Waals surface area contributed by atoms with E-state index < -0.39 is 10.0 Å². The van der Waals surface area contributed by atoms with Gasteiger partial charge in [0.1, 0.15) is 10.7 Å². The van der Waals surface area contributed by atoms with Gasteiger partial charge in [-0.1, -0.05) is 54.1 Å². The monoisotopic (exact) mass is 544 g/mol. The van der Waals surface area contributed by atoms with Crippen molar-refractivity contribution >= 4 is 44.0 Å². The molecule has 4 aromatic rings. The average Bonchev–Trinajstić information content (AvgIpc) is 2.89. The number of hydrogen-bond acceptors (Lipinski definition) is 5. The number of fused-ring (bicyclic) bond motifs is 1. The van der Waals surface area contributed by atoms with Gasteiger partial charge in [0.05, 0.1) is 10.5 Å². The lowest BCUT2D eigenvalue weighted by Gasteiger charge is -2.56. The van der Waals surface area contributed by atoms with Crippen LogP contribution in [0.1, 0.15) is 38.5 Å². The topological polar surface area (TPSA) is 84.0 Å². The summed E-state index contributed by atoms with van der Waals surface area (Å²) in [5.74, 6) is 3.11. The summed E-state index contributed by atoms with van der Waals surface area (Å²) in [7, 11) is -3.82. The Morgan fingerprint density at radius 1 is 0.816 bits per heavy atom.